The van der Waals surface area contributed by atoms with Gasteiger partial charge in [-0.1, -0.05) is 12.1 Å². The van der Waals surface area contributed by atoms with Crippen LogP contribution in [-0.4, -0.2) is 47.6 Å². The summed E-state index contributed by atoms with van der Waals surface area (Å²) >= 11 is 5.54. The third-order valence-corrected chi connectivity index (χ3v) is 2.99. The molecule has 2 rings (SSSR count). The summed E-state index contributed by atoms with van der Waals surface area (Å²) < 4.78 is 5.49. The van der Waals surface area contributed by atoms with Crippen molar-refractivity contribution in [2.45, 2.75) is 6.10 Å². The molecule has 0 spiro atoms. The maximum Gasteiger partial charge on any atom is 0.257 e. The molecule has 1 N–H and O–H groups in total. The van der Waals surface area contributed by atoms with E-state index in [2.05, 4.69) is 0 Å². The fraction of sp³-hybridized carbons (Fsp3) is 0.417. The number of β-amino-alcohol motifs (C(OH)–C–C–N with tert-alkyl or cyclic N) is 1. The molecule has 1 amide bonds. The second-order valence-corrected chi connectivity index (χ2v) is 4.21. The second kappa shape index (κ2) is 5.38. The number of aliphatic hydroxyl groups is 1. The van der Waals surface area contributed by atoms with E-state index in [1.807, 2.05) is 6.07 Å². The minimum absolute atomic E-state index is 0.117. The van der Waals surface area contributed by atoms with Crippen LogP contribution in [0.15, 0.2) is 24.3 Å². The Balaban J connectivity index is 2.20. The lowest BCUT2D eigenvalue weighted by Crippen LogP contribution is -2.39. The van der Waals surface area contributed by atoms with Crippen molar-refractivity contribution in [1.29, 1.82) is 0 Å². The number of fused-ring (bicyclic) bond motifs is 1. The minimum atomic E-state index is -0.703. The molecular weight excluding hydrogens is 242 g/mol. The molecule has 0 radical (unpaired) electrons. The van der Waals surface area contributed by atoms with Crippen molar-refractivity contribution in [2.75, 3.05) is 25.6 Å². The van der Waals surface area contributed by atoms with Gasteiger partial charge < -0.3 is 14.7 Å². The van der Waals surface area contributed by atoms with Gasteiger partial charge in [-0.3, -0.25) is 4.79 Å². The van der Waals surface area contributed by atoms with E-state index in [4.69, 9.17) is 16.3 Å². The fourth-order valence-corrected chi connectivity index (χ4v) is 1.88. The van der Waals surface area contributed by atoms with Gasteiger partial charge in [0, 0.05) is 6.54 Å². The molecule has 1 aromatic carbocycles. The smallest absolute Gasteiger partial charge is 0.257 e. The Hall–Kier alpha value is -1.26. The molecule has 4 nitrogen and oxygen atoms in total. The first-order valence-corrected chi connectivity index (χ1v) is 6.01. The van der Waals surface area contributed by atoms with Crippen molar-refractivity contribution in [3.8, 4) is 5.75 Å². The number of benzene rings is 1. The monoisotopic (exact) mass is 255 g/mol. The van der Waals surface area contributed by atoms with Crippen LogP contribution >= 0.6 is 11.6 Å². The minimum Gasteiger partial charge on any atom is -0.491 e. The number of alkyl halides is 1. The fourth-order valence-electron chi connectivity index (χ4n) is 1.78. The lowest BCUT2D eigenvalue weighted by atomic mass is 10.1. The topological polar surface area (TPSA) is 49.8 Å². The van der Waals surface area contributed by atoms with Crippen molar-refractivity contribution >= 4 is 17.5 Å². The van der Waals surface area contributed by atoms with Gasteiger partial charge in [0.15, 0.2) is 0 Å². The molecular formula is C12H14ClNO3. The largest absolute Gasteiger partial charge is 0.491 e. The van der Waals surface area contributed by atoms with Gasteiger partial charge in [0.05, 0.1) is 24.1 Å². The summed E-state index contributed by atoms with van der Waals surface area (Å²) in [5.74, 6) is 0.592. The third-order valence-electron chi connectivity index (χ3n) is 2.63. The van der Waals surface area contributed by atoms with E-state index in [1.165, 1.54) is 0 Å². The number of amides is 1. The molecule has 0 saturated carbocycles. The van der Waals surface area contributed by atoms with E-state index >= 15 is 0 Å². The normalized spacial score (nSPS) is 17.1. The molecule has 1 heterocycles. The molecule has 0 saturated heterocycles. The number of para-hydroxylation sites is 1. The Bertz CT molecular complexity index is 410. The quantitative estimate of drug-likeness (QED) is 0.824. The lowest BCUT2D eigenvalue weighted by Gasteiger charge is -2.22. The molecule has 1 aromatic rings. The van der Waals surface area contributed by atoms with Crippen LogP contribution in [-0.2, 0) is 0 Å². The van der Waals surface area contributed by atoms with E-state index in [1.54, 1.807) is 23.1 Å². The summed E-state index contributed by atoms with van der Waals surface area (Å²) in [7, 11) is 0. The first-order valence-electron chi connectivity index (χ1n) is 5.47. The number of hydrogen-bond acceptors (Lipinski definition) is 3. The van der Waals surface area contributed by atoms with Crippen molar-refractivity contribution in [3.05, 3.63) is 29.8 Å². The summed E-state index contributed by atoms with van der Waals surface area (Å²) in [6.45, 7) is 1.12. The third kappa shape index (κ3) is 2.70. The standard InChI is InChI=1S/C12H14ClNO3/c13-7-9(15)8-14-5-6-17-11-4-2-1-3-10(11)12(14)16/h1-4,9,15H,5-8H2. The molecule has 17 heavy (non-hydrogen) atoms. The van der Waals surface area contributed by atoms with Crippen LogP contribution in [0.1, 0.15) is 10.4 Å². The lowest BCUT2D eigenvalue weighted by molar-refractivity contribution is 0.0648. The van der Waals surface area contributed by atoms with Crippen LogP contribution in [0.4, 0.5) is 0 Å². The van der Waals surface area contributed by atoms with Gasteiger partial charge in [0.25, 0.3) is 5.91 Å². The van der Waals surface area contributed by atoms with Crippen LogP contribution in [0.25, 0.3) is 0 Å². The number of halogens is 1. The Kier molecular flexibility index (Phi) is 3.86. The number of nitrogens with zero attached hydrogens (tertiary/aromatic N) is 1. The van der Waals surface area contributed by atoms with Gasteiger partial charge in [0.1, 0.15) is 12.4 Å². The molecule has 1 aliphatic heterocycles. The highest BCUT2D eigenvalue weighted by Gasteiger charge is 2.24. The summed E-state index contributed by atoms with van der Waals surface area (Å²) in [6, 6.07) is 7.12. The SMILES string of the molecule is O=C1c2ccccc2OCCN1CC(O)CCl. The highest BCUT2D eigenvalue weighted by molar-refractivity contribution is 6.18. The number of hydrogen-bond donors (Lipinski definition) is 1. The number of carbonyl (C=O) groups excluding carboxylic acids is 1. The zero-order valence-corrected chi connectivity index (χ0v) is 10.1. The molecule has 1 aliphatic rings. The highest BCUT2D eigenvalue weighted by atomic mass is 35.5. The van der Waals surface area contributed by atoms with E-state index in [0.717, 1.165) is 0 Å². The molecule has 1 atom stereocenters. The zero-order chi connectivity index (χ0) is 12.3. The number of carbonyl (C=O) groups is 1. The number of aliphatic hydroxyl groups excluding tert-OH is 1. The average Bonchev–Trinajstić information content (AvgIpc) is 2.51. The highest BCUT2D eigenvalue weighted by Crippen LogP contribution is 2.22. The zero-order valence-electron chi connectivity index (χ0n) is 9.30. The molecule has 92 valence electrons. The average molecular weight is 256 g/mol. The van der Waals surface area contributed by atoms with Crippen LogP contribution in [0.5, 0.6) is 5.75 Å². The Morgan fingerprint density at radius 1 is 1.47 bits per heavy atom. The van der Waals surface area contributed by atoms with Gasteiger partial charge in [-0.05, 0) is 12.1 Å². The van der Waals surface area contributed by atoms with Crippen molar-refractivity contribution in [2.24, 2.45) is 0 Å². The Morgan fingerprint density at radius 2 is 2.24 bits per heavy atom. The van der Waals surface area contributed by atoms with Gasteiger partial charge in [-0.15, -0.1) is 11.6 Å². The van der Waals surface area contributed by atoms with Crippen LogP contribution in [0, 0.1) is 0 Å². The summed E-state index contributed by atoms with van der Waals surface area (Å²) in [5.41, 5.74) is 0.534. The summed E-state index contributed by atoms with van der Waals surface area (Å²) in [4.78, 5) is 13.7. The predicted molar refractivity (Wildman–Crippen MR) is 64.6 cm³/mol. The molecule has 5 heteroatoms. The van der Waals surface area contributed by atoms with E-state index < -0.39 is 6.10 Å². The van der Waals surface area contributed by atoms with Crippen LogP contribution < -0.4 is 4.74 Å². The van der Waals surface area contributed by atoms with E-state index in [9.17, 15) is 9.90 Å². The molecule has 0 fully saturated rings. The summed E-state index contributed by atoms with van der Waals surface area (Å²) in [5, 5.41) is 9.50. The van der Waals surface area contributed by atoms with Gasteiger partial charge >= 0.3 is 0 Å². The van der Waals surface area contributed by atoms with Crippen LogP contribution in [0.3, 0.4) is 0 Å². The maximum absolute atomic E-state index is 12.2. The Morgan fingerprint density at radius 3 is 3.00 bits per heavy atom. The van der Waals surface area contributed by atoms with E-state index in [-0.39, 0.29) is 18.3 Å². The molecule has 0 bridgehead atoms. The molecule has 0 aliphatic carbocycles. The number of ether oxygens (including phenoxy) is 1. The van der Waals surface area contributed by atoms with Crippen LogP contribution in [0.2, 0.25) is 0 Å². The maximum atomic E-state index is 12.2. The van der Waals surface area contributed by atoms with Crippen molar-refractivity contribution in [1.82, 2.24) is 4.90 Å². The van der Waals surface area contributed by atoms with E-state index in [0.29, 0.717) is 24.5 Å². The first kappa shape index (κ1) is 12.2. The number of rotatable bonds is 3. The van der Waals surface area contributed by atoms with Crippen molar-refractivity contribution < 1.29 is 14.6 Å². The van der Waals surface area contributed by atoms with Gasteiger partial charge in [0.2, 0.25) is 0 Å². The summed E-state index contributed by atoms with van der Waals surface area (Å²) in [6.07, 6.45) is -0.703. The Labute approximate surface area is 105 Å². The first-order chi connectivity index (χ1) is 8.22. The predicted octanol–water partition coefficient (Wildman–Crippen LogP) is 1.12. The van der Waals surface area contributed by atoms with Crippen molar-refractivity contribution in [3.63, 3.8) is 0 Å². The van der Waals surface area contributed by atoms with Gasteiger partial charge in [-0.2, -0.15) is 0 Å². The van der Waals surface area contributed by atoms with Gasteiger partial charge in [-0.25, -0.2) is 0 Å². The molecule has 0 aromatic heterocycles. The second-order valence-electron chi connectivity index (χ2n) is 3.90. The molecule has 1 unspecified atom stereocenters.